The summed E-state index contributed by atoms with van der Waals surface area (Å²) >= 11 is 0. The number of hydrogen-bond donors (Lipinski definition) is 1. The van der Waals surface area contributed by atoms with Gasteiger partial charge in [-0.1, -0.05) is 13.5 Å². The average Bonchev–Trinajstić information content (AvgIpc) is 2.56. The molecule has 0 fully saturated rings. The molecule has 182 valence electrons. The van der Waals surface area contributed by atoms with Gasteiger partial charge >= 0.3 is 41.7 Å². The van der Waals surface area contributed by atoms with Crippen LogP contribution in [-0.4, -0.2) is 57.2 Å². The third-order valence-corrected chi connectivity index (χ3v) is 6.17. The van der Waals surface area contributed by atoms with E-state index in [1.165, 1.54) is 6.55 Å². The van der Waals surface area contributed by atoms with Gasteiger partial charge in [0.05, 0.1) is 0 Å². The molecule has 1 atom stereocenters. The molecule has 1 unspecified atom stereocenters. The largest absolute Gasteiger partial charge is 0.460 e. The van der Waals surface area contributed by atoms with Gasteiger partial charge in [-0.3, -0.25) is 0 Å². The summed E-state index contributed by atoms with van der Waals surface area (Å²) in [4.78, 5) is 2.57. The molecule has 1 N–H and O–H groups in total. The van der Waals surface area contributed by atoms with Crippen LogP contribution in [0.15, 0.2) is 0 Å². The van der Waals surface area contributed by atoms with Gasteiger partial charge in [0.15, 0.2) is 0 Å². The Hall–Kier alpha value is -0.873. The fraction of sp³-hybridized carbons (Fsp3) is 1.00. The van der Waals surface area contributed by atoms with Crippen molar-refractivity contribution < 1.29 is 65.9 Å². The summed E-state index contributed by atoms with van der Waals surface area (Å²) in [6, 6.07) is -0.945. The lowest BCUT2D eigenvalue weighted by Gasteiger charge is -2.41. The molecule has 0 radical (unpaired) electrons. The highest BCUT2D eigenvalue weighted by Gasteiger charge is 2.93. The second kappa shape index (κ2) is 8.58. The third-order valence-electron chi connectivity index (χ3n) is 4.03. The van der Waals surface area contributed by atoms with Gasteiger partial charge in [-0.25, -0.2) is 0 Å². The number of nitrogens with one attached hydrogen (secondary N) is 1. The summed E-state index contributed by atoms with van der Waals surface area (Å²) in [5.74, 6) is -45.9. The first-order valence-corrected chi connectivity index (χ1v) is 10.6. The second-order valence-electron chi connectivity index (χ2n) is 6.47. The van der Waals surface area contributed by atoms with Crippen molar-refractivity contribution in [3.8, 4) is 0 Å². The van der Waals surface area contributed by atoms with Gasteiger partial charge in [0.25, 0.3) is 0 Å². The van der Waals surface area contributed by atoms with E-state index in [0.717, 1.165) is 0 Å². The molecular weight excluding hydrogens is 483 g/mol. The predicted molar refractivity (Wildman–Crippen MR) is 76.5 cm³/mol. The van der Waals surface area contributed by atoms with Crippen LogP contribution in [0.4, 0.5) is 65.9 Å². The van der Waals surface area contributed by atoms with Gasteiger partial charge < -0.3 is 4.98 Å². The smallest absolute Gasteiger partial charge is 0.340 e. The van der Waals surface area contributed by atoms with Crippen LogP contribution in [0.25, 0.3) is 0 Å². The van der Waals surface area contributed by atoms with E-state index in [1.807, 2.05) is 0 Å². The SMILES string of the molecule is CCCN[SiH](C)CCC(F)(F)C(F)(F)C(F)(F)C(F)(F)C(F)(F)C(F)(F)C(F)(F)F. The highest BCUT2D eigenvalue weighted by atomic mass is 28.3. The molecule has 0 rings (SSSR count). The summed E-state index contributed by atoms with van der Waals surface area (Å²) in [5.41, 5.74) is 0. The standard InChI is InChI=1S/C13H16F15NSi/c1-3-5-29-30(2)6-4-7(14,15)8(16,17)9(18,19)10(20,21)11(22,23)12(24,25)13(26,27)28/h29-30H,3-6H2,1-2H3. The van der Waals surface area contributed by atoms with Gasteiger partial charge in [0, 0.05) is 6.42 Å². The Labute approximate surface area is 161 Å². The Morgan fingerprint density at radius 2 is 0.967 bits per heavy atom. The predicted octanol–water partition coefficient (Wildman–Crippen LogP) is 6.10. The number of alkyl halides is 15. The van der Waals surface area contributed by atoms with Crippen LogP contribution < -0.4 is 4.98 Å². The van der Waals surface area contributed by atoms with Crippen LogP contribution in [-0.2, 0) is 0 Å². The van der Waals surface area contributed by atoms with Crippen LogP contribution in [0.1, 0.15) is 19.8 Å². The highest BCUT2D eigenvalue weighted by Crippen LogP contribution is 2.62. The molecule has 0 bridgehead atoms. The molecule has 0 spiro atoms. The third kappa shape index (κ3) is 4.65. The fourth-order valence-corrected chi connectivity index (χ4v) is 3.83. The lowest BCUT2D eigenvalue weighted by Crippen LogP contribution is -2.72. The maximum atomic E-state index is 13.6. The Balaban J connectivity index is 6.05. The van der Waals surface area contributed by atoms with E-state index in [-0.39, 0.29) is 6.54 Å². The summed E-state index contributed by atoms with van der Waals surface area (Å²) in [5, 5.41) is 0. The lowest BCUT2D eigenvalue weighted by atomic mass is 9.90. The van der Waals surface area contributed by atoms with Crippen molar-refractivity contribution in [3.63, 3.8) is 0 Å². The van der Waals surface area contributed by atoms with Crippen LogP contribution in [0.2, 0.25) is 12.6 Å². The molecular formula is C13H16F15NSi. The molecule has 0 aliphatic heterocycles. The number of hydrogen-bond acceptors (Lipinski definition) is 1. The quantitative estimate of drug-likeness (QED) is 0.268. The summed E-state index contributed by atoms with van der Waals surface area (Å²) in [7, 11) is -2.48. The normalized spacial score (nSPS) is 16.7. The van der Waals surface area contributed by atoms with E-state index in [0.29, 0.717) is 6.42 Å². The summed E-state index contributed by atoms with van der Waals surface area (Å²) in [6.45, 7) is 3.04. The molecule has 0 amide bonds. The van der Waals surface area contributed by atoms with Gasteiger partial charge in [-0.05, 0) is 19.0 Å². The van der Waals surface area contributed by atoms with Gasteiger partial charge in [-0.15, -0.1) is 0 Å². The van der Waals surface area contributed by atoms with Crippen LogP contribution >= 0.6 is 0 Å². The minimum Gasteiger partial charge on any atom is -0.340 e. The summed E-state index contributed by atoms with van der Waals surface area (Å²) in [6.07, 6.45) is -9.38. The molecule has 0 aromatic carbocycles. The number of rotatable bonds is 11. The maximum Gasteiger partial charge on any atom is 0.460 e. The number of halogens is 15. The average molecular weight is 499 g/mol. The Bertz CT molecular complexity index is 571. The zero-order valence-electron chi connectivity index (χ0n) is 15.1. The highest BCUT2D eigenvalue weighted by molar-refractivity contribution is 6.54. The monoisotopic (exact) mass is 499 g/mol. The van der Waals surface area contributed by atoms with Crippen molar-refractivity contribution in [2.75, 3.05) is 6.54 Å². The zero-order chi connectivity index (χ0) is 24.6. The molecule has 0 saturated carbocycles. The molecule has 30 heavy (non-hydrogen) atoms. The molecule has 0 heterocycles. The molecule has 1 nitrogen and oxygen atoms in total. The van der Waals surface area contributed by atoms with Crippen molar-refractivity contribution in [1.29, 1.82) is 0 Å². The van der Waals surface area contributed by atoms with Crippen LogP contribution in [0.3, 0.4) is 0 Å². The topological polar surface area (TPSA) is 12.0 Å². The Morgan fingerprint density at radius 1 is 0.600 bits per heavy atom. The van der Waals surface area contributed by atoms with E-state index in [1.54, 1.807) is 6.92 Å². The minimum atomic E-state index is -8.21. The van der Waals surface area contributed by atoms with E-state index >= 15 is 0 Å². The Morgan fingerprint density at radius 3 is 1.33 bits per heavy atom. The van der Waals surface area contributed by atoms with Crippen LogP contribution in [0.5, 0.6) is 0 Å². The van der Waals surface area contributed by atoms with E-state index in [2.05, 4.69) is 4.98 Å². The first kappa shape index (κ1) is 29.1. The molecule has 0 aliphatic rings. The van der Waals surface area contributed by atoms with Crippen molar-refractivity contribution in [2.24, 2.45) is 0 Å². The second-order valence-corrected chi connectivity index (χ2v) is 9.26. The molecule has 17 heteroatoms. The van der Waals surface area contributed by atoms with Gasteiger partial charge in [-0.2, -0.15) is 65.9 Å². The lowest BCUT2D eigenvalue weighted by molar-refractivity contribution is -0.452. The zero-order valence-corrected chi connectivity index (χ0v) is 16.2. The fourth-order valence-electron chi connectivity index (χ4n) is 2.05. The van der Waals surface area contributed by atoms with E-state index in [9.17, 15) is 65.9 Å². The molecule has 0 aromatic heterocycles. The summed E-state index contributed by atoms with van der Waals surface area (Å²) < 4.78 is 195. The van der Waals surface area contributed by atoms with Gasteiger partial charge in [0.2, 0.25) is 0 Å². The molecule has 0 saturated heterocycles. The minimum absolute atomic E-state index is 0.197. The Kier molecular flexibility index (Phi) is 8.33. The molecule has 0 aliphatic carbocycles. The van der Waals surface area contributed by atoms with Crippen molar-refractivity contribution in [1.82, 2.24) is 4.98 Å². The van der Waals surface area contributed by atoms with E-state index < -0.39 is 63.1 Å². The van der Waals surface area contributed by atoms with Crippen molar-refractivity contribution in [3.05, 3.63) is 0 Å². The van der Waals surface area contributed by atoms with Gasteiger partial charge in [0.1, 0.15) is 8.96 Å². The first-order chi connectivity index (χ1) is 13.0. The maximum absolute atomic E-state index is 13.6. The van der Waals surface area contributed by atoms with E-state index in [4.69, 9.17) is 0 Å². The first-order valence-electron chi connectivity index (χ1n) is 8.02. The van der Waals surface area contributed by atoms with Crippen molar-refractivity contribution >= 4 is 8.96 Å². The van der Waals surface area contributed by atoms with Crippen LogP contribution in [0, 0.1) is 0 Å². The van der Waals surface area contributed by atoms with Crippen molar-refractivity contribution in [2.45, 2.75) is 74.1 Å². The molecule has 0 aromatic rings.